The third kappa shape index (κ3) is 4.25. The molecule has 6 heteroatoms. The van der Waals surface area contributed by atoms with Crippen molar-refractivity contribution in [3.8, 4) is 0 Å². The number of carbonyl (C=O) groups excluding carboxylic acids is 1. The van der Waals surface area contributed by atoms with Crippen LogP contribution in [0.4, 0.5) is 0 Å². The Morgan fingerprint density at radius 3 is 2.64 bits per heavy atom. The van der Waals surface area contributed by atoms with Gasteiger partial charge in [-0.05, 0) is 59.8 Å². The summed E-state index contributed by atoms with van der Waals surface area (Å²) < 4.78 is 0. The molecular weight excluding hydrogens is 316 g/mol. The van der Waals surface area contributed by atoms with E-state index in [1.54, 1.807) is 23.1 Å². The molecule has 0 aliphatic carbocycles. The third-order valence-electron chi connectivity index (χ3n) is 4.38. The highest BCUT2D eigenvalue weighted by atomic mass is 32.2. The topological polar surface area (TPSA) is 52.6 Å². The number of thiophene rings is 1. The first kappa shape index (κ1) is 17.8. The fourth-order valence-electron chi connectivity index (χ4n) is 2.88. The van der Waals surface area contributed by atoms with Crippen LogP contribution >= 0.6 is 23.1 Å². The summed E-state index contributed by atoms with van der Waals surface area (Å²) in [6, 6.07) is 2.29. The minimum absolute atomic E-state index is 0.173. The molecule has 0 bridgehead atoms. The Balaban J connectivity index is 2.00. The highest BCUT2D eigenvalue weighted by Gasteiger charge is 2.37. The van der Waals surface area contributed by atoms with Gasteiger partial charge in [-0.25, -0.2) is 0 Å². The molecule has 1 aromatic rings. The van der Waals surface area contributed by atoms with Gasteiger partial charge in [-0.3, -0.25) is 9.69 Å². The van der Waals surface area contributed by atoms with Crippen LogP contribution in [-0.2, 0) is 4.79 Å². The second kappa shape index (κ2) is 8.34. The van der Waals surface area contributed by atoms with E-state index in [1.807, 2.05) is 0 Å². The van der Waals surface area contributed by atoms with E-state index in [0.717, 1.165) is 24.6 Å². The Kier molecular flexibility index (Phi) is 6.74. The van der Waals surface area contributed by atoms with Gasteiger partial charge in [0.15, 0.2) is 0 Å². The summed E-state index contributed by atoms with van der Waals surface area (Å²) >= 11 is 3.48. The Labute approximate surface area is 141 Å². The lowest BCUT2D eigenvalue weighted by Gasteiger charge is -2.33. The molecule has 1 saturated heterocycles. The Morgan fingerprint density at radius 1 is 1.41 bits per heavy atom. The average Bonchev–Trinajstić information content (AvgIpc) is 3.06. The van der Waals surface area contributed by atoms with Crippen LogP contribution in [0.1, 0.15) is 38.3 Å². The van der Waals surface area contributed by atoms with Gasteiger partial charge in [-0.2, -0.15) is 23.1 Å². The van der Waals surface area contributed by atoms with E-state index in [0.29, 0.717) is 19.4 Å². The first-order chi connectivity index (χ1) is 10.6. The van der Waals surface area contributed by atoms with Crippen LogP contribution in [0.25, 0.3) is 0 Å². The van der Waals surface area contributed by atoms with E-state index in [2.05, 4.69) is 40.9 Å². The molecule has 1 unspecified atom stereocenters. The minimum Gasteiger partial charge on any atom is -0.380 e. The predicted octanol–water partition coefficient (Wildman–Crippen LogP) is 2.51. The Morgan fingerprint density at radius 2 is 2.09 bits per heavy atom. The quantitative estimate of drug-likeness (QED) is 0.799. The van der Waals surface area contributed by atoms with Crippen molar-refractivity contribution in [2.75, 3.05) is 31.1 Å². The van der Waals surface area contributed by atoms with Crippen molar-refractivity contribution in [2.24, 2.45) is 0 Å². The lowest BCUT2D eigenvalue weighted by molar-refractivity contribution is -0.140. The van der Waals surface area contributed by atoms with Crippen LogP contribution in [-0.4, -0.2) is 52.7 Å². The standard InChI is InChI=1S/C16H26N2O2S2/c1-3-18(4-2)14(13-5-8-22-12-13)11-17-15(19)16(20)6-9-21-10-7-16/h5,8,12,14,20H,3-4,6-7,9-11H2,1-2H3,(H,17,19). The first-order valence-corrected chi connectivity index (χ1v) is 10.0. The highest BCUT2D eigenvalue weighted by Crippen LogP contribution is 2.28. The van der Waals surface area contributed by atoms with Crippen LogP contribution < -0.4 is 5.32 Å². The number of nitrogens with one attached hydrogen (secondary N) is 1. The van der Waals surface area contributed by atoms with Gasteiger partial charge in [0.1, 0.15) is 5.60 Å². The molecule has 2 N–H and O–H groups in total. The maximum absolute atomic E-state index is 12.4. The number of rotatable bonds is 7. The van der Waals surface area contributed by atoms with E-state index in [-0.39, 0.29) is 11.9 Å². The third-order valence-corrected chi connectivity index (χ3v) is 6.07. The van der Waals surface area contributed by atoms with Gasteiger partial charge in [0, 0.05) is 6.54 Å². The second-order valence-corrected chi connectivity index (χ2v) is 7.65. The number of carbonyl (C=O) groups is 1. The van der Waals surface area contributed by atoms with Gasteiger partial charge < -0.3 is 10.4 Å². The highest BCUT2D eigenvalue weighted by molar-refractivity contribution is 7.99. The molecule has 0 spiro atoms. The van der Waals surface area contributed by atoms with E-state index in [9.17, 15) is 9.90 Å². The van der Waals surface area contributed by atoms with Crippen LogP contribution in [0.5, 0.6) is 0 Å². The molecule has 1 atom stereocenters. The van der Waals surface area contributed by atoms with Crippen LogP contribution in [0.15, 0.2) is 16.8 Å². The number of thioether (sulfide) groups is 1. The average molecular weight is 343 g/mol. The van der Waals surface area contributed by atoms with E-state index in [1.165, 1.54) is 5.56 Å². The van der Waals surface area contributed by atoms with Crippen molar-refractivity contribution in [2.45, 2.75) is 38.3 Å². The van der Waals surface area contributed by atoms with Crippen molar-refractivity contribution in [3.63, 3.8) is 0 Å². The molecule has 1 aliphatic rings. The van der Waals surface area contributed by atoms with E-state index in [4.69, 9.17) is 0 Å². The summed E-state index contributed by atoms with van der Waals surface area (Å²) in [4.78, 5) is 14.7. The van der Waals surface area contributed by atoms with Gasteiger partial charge >= 0.3 is 0 Å². The first-order valence-electron chi connectivity index (χ1n) is 7.95. The lowest BCUT2D eigenvalue weighted by Crippen LogP contribution is -2.51. The van der Waals surface area contributed by atoms with E-state index < -0.39 is 5.60 Å². The van der Waals surface area contributed by atoms with Crippen molar-refractivity contribution < 1.29 is 9.90 Å². The number of aliphatic hydroxyl groups is 1. The molecule has 0 saturated carbocycles. The molecule has 22 heavy (non-hydrogen) atoms. The SMILES string of the molecule is CCN(CC)C(CNC(=O)C1(O)CCSCC1)c1ccsc1. The van der Waals surface area contributed by atoms with Crippen molar-refractivity contribution in [1.82, 2.24) is 10.2 Å². The zero-order valence-corrected chi connectivity index (χ0v) is 15.0. The monoisotopic (exact) mass is 342 g/mol. The second-order valence-electron chi connectivity index (χ2n) is 5.65. The molecule has 2 heterocycles. The summed E-state index contributed by atoms with van der Waals surface area (Å²) in [5.41, 5.74) is 0.0634. The molecule has 1 aromatic heterocycles. The zero-order chi connectivity index (χ0) is 16.0. The summed E-state index contributed by atoms with van der Waals surface area (Å²) in [5, 5.41) is 17.7. The van der Waals surface area contributed by atoms with Gasteiger partial charge in [-0.15, -0.1) is 0 Å². The van der Waals surface area contributed by atoms with E-state index >= 15 is 0 Å². The van der Waals surface area contributed by atoms with Gasteiger partial charge in [0.2, 0.25) is 0 Å². The Hall–Kier alpha value is -0.560. The van der Waals surface area contributed by atoms with Crippen LogP contribution in [0.2, 0.25) is 0 Å². The molecule has 2 rings (SSSR count). The number of hydrogen-bond acceptors (Lipinski definition) is 5. The molecule has 0 aromatic carbocycles. The number of hydrogen-bond donors (Lipinski definition) is 2. The van der Waals surface area contributed by atoms with Gasteiger partial charge in [0.25, 0.3) is 5.91 Å². The molecule has 124 valence electrons. The van der Waals surface area contributed by atoms with Crippen molar-refractivity contribution >= 4 is 29.0 Å². The summed E-state index contributed by atoms with van der Waals surface area (Å²) in [5.74, 6) is 1.50. The molecule has 1 fully saturated rings. The van der Waals surface area contributed by atoms with Crippen molar-refractivity contribution in [1.29, 1.82) is 0 Å². The maximum atomic E-state index is 12.4. The molecule has 4 nitrogen and oxygen atoms in total. The summed E-state index contributed by atoms with van der Waals surface area (Å²) in [6.07, 6.45) is 1.11. The van der Waals surface area contributed by atoms with Crippen LogP contribution in [0.3, 0.4) is 0 Å². The summed E-state index contributed by atoms with van der Waals surface area (Å²) in [6.45, 7) is 6.70. The fraction of sp³-hybridized carbons (Fsp3) is 0.688. The van der Waals surface area contributed by atoms with Gasteiger partial charge in [0.05, 0.1) is 6.04 Å². The van der Waals surface area contributed by atoms with Gasteiger partial charge in [-0.1, -0.05) is 13.8 Å². The van der Waals surface area contributed by atoms with Crippen LogP contribution in [0, 0.1) is 0 Å². The normalized spacial score (nSPS) is 19.1. The molecular formula is C16H26N2O2S2. The number of amides is 1. The predicted molar refractivity (Wildman–Crippen MR) is 94.5 cm³/mol. The summed E-state index contributed by atoms with van der Waals surface area (Å²) in [7, 11) is 0. The van der Waals surface area contributed by atoms with Crippen molar-refractivity contribution in [3.05, 3.63) is 22.4 Å². The molecule has 1 aliphatic heterocycles. The number of nitrogens with zero attached hydrogens (tertiary/aromatic N) is 1. The minimum atomic E-state index is -1.17. The largest absolute Gasteiger partial charge is 0.380 e. The zero-order valence-electron chi connectivity index (χ0n) is 13.4. The molecule has 0 radical (unpaired) electrons. The molecule has 1 amide bonds. The Bertz CT molecular complexity index is 455. The number of likely N-dealkylation sites (N-methyl/N-ethyl adjacent to an activating group) is 1. The lowest BCUT2D eigenvalue weighted by atomic mass is 9.95. The maximum Gasteiger partial charge on any atom is 0.252 e. The fourth-order valence-corrected chi connectivity index (χ4v) is 4.75. The smallest absolute Gasteiger partial charge is 0.252 e.